The van der Waals surface area contributed by atoms with Gasteiger partial charge >= 0.3 is 6.03 Å². The van der Waals surface area contributed by atoms with E-state index in [1.807, 2.05) is 30.3 Å². The molecule has 0 bridgehead atoms. The maximum absolute atomic E-state index is 13.1. The summed E-state index contributed by atoms with van der Waals surface area (Å²) in [5, 5.41) is 10.6. The fourth-order valence-corrected chi connectivity index (χ4v) is 2.72. The van der Waals surface area contributed by atoms with Gasteiger partial charge in [-0.3, -0.25) is 5.32 Å². The van der Waals surface area contributed by atoms with E-state index in [1.54, 1.807) is 35.3 Å². The molecule has 0 aliphatic heterocycles. The number of hydrogen-bond donors (Lipinski definition) is 2. The van der Waals surface area contributed by atoms with Gasteiger partial charge in [-0.15, -0.1) is 0 Å². The van der Waals surface area contributed by atoms with Crippen LogP contribution in [-0.4, -0.2) is 20.8 Å². The summed E-state index contributed by atoms with van der Waals surface area (Å²) in [4.78, 5) is 16.3. The van der Waals surface area contributed by atoms with Crippen LogP contribution in [0.3, 0.4) is 0 Å². The highest BCUT2D eigenvalue weighted by Gasteiger charge is 2.09. The van der Waals surface area contributed by atoms with Crippen molar-refractivity contribution in [2.75, 3.05) is 5.32 Å². The van der Waals surface area contributed by atoms with Crippen molar-refractivity contribution in [1.82, 2.24) is 20.1 Å². The Hall–Kier alpha value is -3.74. The fraction of sp³-hybridized carbons (Fsp3) is 0.0500. The zero-order chi connectivity index (χ0) is 18.6. The third-order valence-corrected chi connectivity index (χ3v) is 4.06. The molecule has 0 fully saturated rings. The molecular weight excluding hydrogens is 345 g/mol. The Kier molecular flexibility index (Phi) is 4.49. The van der Waals surface area contributed by atoms with Crippen molar-refractivity contribution < 1.29 is 9.18 Å². The number of hydrogen-bond acceptors (Lipinski definition) is 3. The van der Waals surface area contributed by atoms with Gasteiger partial charge in [0.1, 0.15) is 11.6 Å². The van der Waals surface area contributed by atoms with Crippen LogP contribution in [0.4, 0.5) is 15.0 Å². The molecule has 2 amide bonds. The molecule has 0 spiro atoms. The minimum absolute atomic E-state index is 0.304. The second-order valence-electron chi connectivity index (χ2n) is 5.95. The molecule has 2 aromatic carbocycles. The second-order valence-corrected chi connectivity index (χ2v) is 5.95. The van der Waals surface area contributed by atoms with Crippen LogP contribution in [0, 0.1) is 5.82 Å². The number of anilines is 1. The third-order valence-electron chi connectivity index (χ3n) is 4.06. The molecule has 2 N–H and O–H groups in total. The quantitative estimate of drug-likeness (QED) is 0.579. The number of urea groups is 1. The summed E-state index contributed by atoms with van der Waals surface area (Å²) in [6.45, 7) is 0.428. The largest absolute Gasteiger partial charge is 0.334 e. The van der Waals surface area contributed by atoms with Gasteiger partial charge in [-0.1, -0.05) is 30.3 Å². The topological polar surface area (TPSA) is 71.8 Å². The maximum atomic E-state index is 13.1. The van der Waals surface area contributed by atoms with E-state index < -0.39 is 0 Å². The lowest BCUT2D eigenvalue weighted by atomic mass is 10.2. The van der Waals surface area contributed by atoms with Gasteiger partial charge in [-0.05, 0) is 35.9 Å². The normalized spacial score (nSPS) is 10.7. The number of nitrogens with zero attached hydrogens (tertiary/aromatic N) is 3. The molecule has 27 heavy (non-hydrogen) atoms. The Balaban J connectivity index is 1.47. The first-order valence-electron chi connectivity index (χ1n) is 8.37. The number of carbonyl (C=O) groups is 1. The minimum Gasteiger partial charge on any atom is -0.334 e. The van der Waals surface area contributed by atoms with Gasteiger partial charge in [-0.25, -0.2) is 18.9 Å². The van der Waals surface area contributed by atoms with Crippen molar-refractivity contribution in [3.05, 3.63) is 84.4 Å². The average Bonchev–Trinajstić information content (AvgIpc) is 3.11. The molecule has 0 atom stereocenters. The van der Waals surface area contributed by atoms with E-state index in [1.165, 1.54) is 12.1 Å². The summed E-state index contributed by atoms with van der Waals surface area (Å²) in [5.41, 5.74) is 2.50. The number of nitrogens with one attached hydrogen (secondary N) is 2. The molecule has 4 aromatic rings. The fourth-order valence-electron chi connectivity index (χ4n) is 2.72. The van der Waals surface area contributed by atoms with Crippen LogP contribution in [0.2, 0.25) is 0 Å². The Morgan fingerprint density at radius 3 is 2.59 bits per heavy atom. The lowest BCUT2D eigenvalue weighted by Gasteiger charge is -2.08. The van der Waals surface area contributed by atoms with Crippen LogP contribution in [-0.2, 0) is 6.54 Å². The Labute approximate surface area is 154 Å². The number of fused-ring (bicyclic) bond motifs is 1. The van der Waals surface area contributed by atoms with E-state index in [-0.39, 0.29) is 11.8 Å². The second kappa shape index (κ2) is 7.25. The number of halogens is 1. The SMILES string of the molecule is O=C(NCc1ccccc1)Nc1cc2cnn(-c3ccc(F)cc3)c2cn1. The molecule has 0 radical (unpaired) electrons. The van der Waals surface area contributed by atoms with Gasteiger partial charge in [0.05, 0.1) is 23.6 Å². The highest BCUT2D eigenvalue weighted by atomic mass is 19.1. The van der Waals surface area contributed by atoms with E-state index in [0.717, 1.165) is 22.2 Å². The average molecular weight is 361 g/mol. The van der Waals surface area contributed by atoms with Crippen molar-refractivity contribution >= 4 is 22.8 Å². The summed E-state index contributed by atoms with van der Waals surface area (Å²) >= 11 is 0. The highest BCUT2D eigenvalue weighted by molar-refractivity contribution is 5.91. The van der Waals surface area contributed by atoms with E-state index >= 15 is 0 Å². The van der Waals surface area contributed by atoms with E-state index in [0.29, 0.717) is 12.4 Å². The van der Waals surface area contributed by atoms with E-state index in [9.17, 15) is 9.18 Å². The molecule has 6 nitrogen and oxygen atoms in total. The van der Waals surface area contributed by atoms with E-state index in [2.05, 4.69) is 20.7 Å². The third kappa shape index (κ3) is 3.77. The molecule has 4 rings (SSSR count). The molecule has 0 aliphatic rings. The summed E-state index contributed by atoms with van der Waals surface area (Å²) in [5.74, 6) is 0.119. The summed E-state index contributed by atoms with van der Waals surface area (Å²) in [7, 11) is 0. The summed E-state index contributed by atoms with van der Waals surface area (Å²) < 4.78 is 14.8. The monoisotopic (exact) mass is 361 g/mol. The van der Waals surface area contributed by atoms with Crippen LogP contribution < -0.4 is 10.6 Å². The number of benzene rings is 2. The van der Waals surface area contributed by atoms with Gasteiger partial charge in [0.25, 0.3) is 0 Å². The Bertz CT molecular complexity index is 1080. The van der Waals surface area contributed by atoms with Gasteiger partial charge in [0.15, 0.2) is 0 Å². The van der Waals surface area contributed by atoms with Crippen molar-refractivity contribution in [2.45, 2.75) is 6.54 Å². The Morgan fingerprint density at radius 1 is 1.04 bits per heavy atom. The molecular formula is C20H16FN5O. The molecule has 134 valence electrons. The van der Waals surface area contributed by atoms with Crippen molar-refractivity contribution in [3.63, 3.8) is 0 Å². The predicted octanol–water partition coefficient (Wildman–Crippen LogP) is 3.88. The molecule has 0 saturated heterocycles. The number of pyridine rings is 1. The van der Waals surface area contributed by atoms with Crippen LogP contribution in [0.5, 0.6) is 0 Å². The number of amides is 2. The highest BCUT2D eigenvalue weighted by Crippen LogP contribution is 2.20. The van der Waals surface area contributed by atoms with Crippen LogP contribution >= 0.6 is 0 Å². The first kappa shape index (κ1) is 16.7. The van der Waals surface area contributed by atoms with Crippen molar-refractivity contribution in [2.24, 2.45) is 0 Å². The molecule has 0 unspecified atom stereocenters. The lowest BCUT2D eigenvalue weighted by molar-refractivity contribution is 0.251. The van der Waals surface area contributed by atoms with Gasteiger partial charge in [-0.2, -0.15) is 5.10 Å². The van der Waals surface area contributed by atoms with Gasteiger partial charge in [0, 0.05) is 11.9 Å². The van der Waals surface area contributed by atoms with Crippen LogP contribution in [0.15, 0.2) is 73.1 Å². The molecule has 7 heteroatoms. The zero-order valence-electron chi connectivity index (χ0n) is 14.3. The predicted molar refractivity (Wildman–Crippen MR) is 101 cm³/mol. The Morgan fingerprint density at radius 2 is 1.81 bits per heavy atom. The van der Waals surface area contributed by atoms with Crippen molar-refractivity contribution in [3.8, 4) is 5.69 Å². The van der Waals surface area contributed by atoms with Gasteiger partial charge < -0.3 is 5.32 Å². The van der Waals surface area contributed by atoms with Crippen LogP contribution in [0.1, 0.15) is 5.56 Å². The standard InChI is InChI=1S/C20H16FN5O/c21-16-6-8-17(9-7-16)26-18-13-22-19(10-15(18)12-24-26)25-20(27)23-11-14-4-2-1-3-5-14/h1-10,12-13H,11H2,(H2,22,23,25,27). The number of rotatable bonds is 4. The number of aromatic nitrogens is 3. The minimum atomic E-state index is -0.336. The molecule has 0 aliphatic carbocycles. The lowest BCUT2D eigenvalue weighted by Crippen LogP contribution is -2.28. The molecule has 0 saturated carbocycles. The smallest absolute Gasteiger partial charge is 0.320 e. The zero-order valence-corrected chi connectivity index (χ0v) is 14.3. The first-order valence-corrected chi connectivity index (χ1v) is 8.37. The maximum Gasteiger partial charge on any atom is 0.320 e. The first-order chi connectivity index (χ1) is 13.2. The van der Waals surface area contributed by atoms with Crippen molar-refractivity contribution in [1.29, 1.82) is 0 Å². The summed E-state index contributed by atoms with van der Waals surface area (Å²) in [6, 6.07) is 17.1. The molecule has 2 aromatic heterocycles. The number of carbonyl (C=O) groups excluding carboxylic acids is 1. The molecule has 2 heterocycles. The summed E-state index contributed by atoms with van der Waals surface area (Å²) in [6.07, 6.45) is 3.30. The van der Waals surface area contributed by atoms with Gasteiger partial charge in [0.2, 0.25) is 0 Å². The van der Waals surface area contributed by atoms with E-state index in [4.69, 9.17) is 0 Å². The van der Waals surface area contributed by atoms with Crippen LogP contribution in [0.25, 0.3) is 16.6 Å².